The Morgan fingerprint density at radius 2 is 2.27 bits per heavy atom. The number of aryl methyl sites for hydroxylation is 1. The highest BCUT2D eigenvalue weighted by atomic mass is 16.4. The van der Waals surface area contributed by atoms with Crippen molar-refractivity contribution in [3.05, 3.63) is 17.5 Å². The van der Waals surface area contributed by atoms with Crippen LogP contribution >= 0.6 is 0 Å². The lowest BCUT2D eigenvalue weighted by atomic mass is 9.95. The van der Waals surface area contributed by atoms with Gasteiger partial charge in [-0.1, -0.05) is 0 Å². The Morgan fingerprint density at radius 1 is 1.60 bits per heavy atom. The van der Waals surface area contributed by atoms with Crippen molar-refractivity contribution in [3.8, 4) is 0 Å². The van der Waals surface area contributed by atoms with E-state index in [1.807, 2.05) is 0 Å². The third-order valence-corrected chi connectivity index (χ3v) is 2.88. The molecule has 1 aromatic heterocycles. The van der Waals surface area contributed by atoms with Crippen LogP contribution in [0.3, 0.4) is 0 Å². The molecule has 15 heavy (non-hydrogen) atoms. The second-order valence-electron chi connectivity index (χ2n) is 3.91. The van der Waals surface area contributed by atoms with Gasteiger partial charge < -0.3 is 10.4 Å². The van der Waals surface area contributed by atoms with Crippen LogP contribution in [0.25, 0.3) is 0 Å². The van der Waals surface area contributed by atoms with Gasteiger partial charge in [-0.15, -0.1) is 0 Å². The zero-order valence-electron chi connectivity index (χ0n) is 8.73. The molecule has 1 aromatic rings. The van der Waals surface area contributed by atoms with Gasteiger partial charge in [-0.3, -0.25) is 4.68 Å². The zero-order chi connectivity index (χ0) is 10.8. The van der Waals surface area contributed by atoms with Crippen molar-refractivity contribution in [2.24, 2.45) is 7.05 Å². The molecule has 2 heterocycles. The normalized spacial score (nSPS) is 17.9. The molecule has 5 heteroatoms. The topological polar surface area (TPSA) is 67.2 Å². The number of piperidine rings is 1. The summed E-state index contributed by atoms with van der Waals surface area (Å²) in [6.45, 7) is 1.98. The van der Waals surface area contributed by atoms with Gasteiger partial charge in [0, 0.05) is 13.0 Å². The number of nitrogens with zero attached hydrogens (tertiary/aromatic N) is 2. The van der Waals surface area contributed by atoms with Crippen molar-refractivity contribution in [2.45, 2.75) is 18.8 Å². The van der Waals surface area contributed by atoms with Crippen LogP contribution in [-0.2, 0) is 7.05 Å². The van der Waals surface area contributed by atoms with Crippen molar-refractivity contribution >= 4 is 5.97 Å². The molecule has 0 unspecified atom stereocenters. The average Bonchev–Trinajstić information content (AvgIpc) is 2.62. The molecule has 0 atom stereocenters. The van der Waals surface area contributed by atoms with Gasteiger partial charge in [-0.2, -0.15) is 5.10 Å². The molecule has 1 fully saturated rings. The van der Waals surface area contributed by atoms with E-state index in [1.165, 1.54) is 4.68 Å². The zero-order valence-corrected chi connectivity index (χ0v) is 8.73. The van der Waals surface area contributed by atoms with Crippen LogP contribution in [0.1, 0.15) is 34.9 Å². The highest BCUT2D eigenvalue weighted by Crippen LogP contribution is 2.24. The number of rotatable bonds is 2. The summed E-state index contributed by atoms with van der Waals surface area (Å²) in [4.78, 5) is 10.8. The van der Waals surface area contributed by atoms with Gasteiger partial charge in [-0.25, -0.2) is 4.79 Å². The number of nitrogens with one attached hydrogen (secondary N) is 1. The van der Waals surface area contributed by atoms with Crippen LogP contribution < -0.4 is 5.32 Å². The smallest absolute Gasteiger partial charge is 0.354 e. The number of hydrogen-bond acceptors (Lipinski definition) is 3. The molecule has 2 N–H and O–H groups in total. The Morgan fingerprint density at radius 3 is 2.80 bits per heavy atom. The first-order chi connectivity index (χ1) is 7.18. The summed E-state index contributed by atoms with van der Waals surface area (Å²) in [6.07, 6.45) is 2.08. The van der Waals surface area contributed by atoms with Crippen molar-refractivity contribution in [3.63, 3.8) is 0 Å². The van der Waals surface area contributed by atoms with Gasteiger partial charge in [0.2, 0.25) is 0 Å². The minimum Gasteiger partial charge on any atom is -0.477 e. The maximum Gasteiger partial charge on any atom is 0.354 e. The maximum atomic E-state index is 10.8. The lowest BCUT2D eigenvalue weighted by molar-refractivity contribution is 0.0685. The third-order valence-electron chi connectivity index (χ3n) is 2.88. The minimum atomic E-state index is -0.912. The fourth-order valence-electron chi connectivity index (χ4n) is 2.01. The van der Waals surface area contributed by atoms with Gasteiger partial charge >= 0.3 is 5.97 Å². The van der Waals surface area contributed by atoms with Crippen LogP contribution in [0.2, 0.25) is 0 Å². The lowest BCUT2D eigenvalue weighted by Gasteiger charge is -2.20. The molecule has 0 aliphatic carbocycles. The largest absolute Gasteiger partial charge is 0.477 e. The Kier molecular flexibility index (Phi) is 2.73. The Labute approximate surface area is 88.1 Å². The van der Waals surface area contributed by atoms with E-state index in [0.717, 1.165) is 31.6 Å². The highest BCUT2D eigenvalue weighted by Gasteiger charge is 2.20. The molecule has 0 radical (unpaired) electrons. The number of aromatic nitrogens is 2. The van der Waals surface area contributed by atoms with Crippen molar-refractivity contribution in [1.82, 2.24) is 15.1 Å². The van der Waals surface area contributed by atoms with Crippen molar-refractivity contribution in [2.75, 3.05) is 13.1 Å². The first-order valence-corrected chi connectivity index (χ1v) is 5.16. The molecular formula is C10H15N3O2. The van der Waals surface area contributed by atoms with E-state index in [2.05, 4.69) is 10.4 Å². The van der Waals surface area contributed by atoms with Crippen molar-refractivity contribution in [1.29, 1.82) is 0 Å². The summed E-state index contributed by atoms with van der Waals surface area (Å²) in [5, 5.41) is 16.4. The number of carboxylic acid groups (broad SMARTS) is 1. The summed E-state index contributed by atoms with van der Waals surface area (Å²) in [5.41, 5.74) is 1.18. The van der Waals surface area contributed by atoms with E-state index in [9.17, 15) is 4.79 Å². The number of carboxylic acids is 1. The third kappa shape index (κ3) is 2.02. The van der Waals surface area contributed by atoms with Crippen LogP contribution in [0, 0.1) is 0 Å². The van der Waals surface area contributed by atoms with Crippen LogP contribution in [0.4, 0.5) is 0 Å². The SMILES string of the molecule is Cn1nc(C2CCNCC2)cc1C(=O)O. The van der Waals surface area contributed by atoms with Gasteiger partial charge in [0.05, 0.1) is 5.69 Å². The quantitative estimate of drug-likeness (QED) is 0.748. The predicted molar refractivity (Wildman–Crippen MR) is 55.0 cm³/mol. The molecule has 0 aromatic carbocycles. The lowest BCUT2D eigenvalue weighted by Crippen LogP contribution is -2.26. The van der Waals surface area contributed by atoms with E-state index in [-0.39, 0.29) is 5.69 Å². The van der Waals surface area contributed by atoms with Crippen molar-refractivity contribution < 1.29 is 9.90 Å². The fourth-order valence-corrected chi connectivity index (χ4v) is 2.01. The first kappa shape index (κ1) is 10.2. The molecule has 0 saturated carbocycles. The number of hydrogen-bond donors (Lipinski definition) is 2. The maximum absolute atomic E-state index is 10.8. The van der Waals surface area contributed by atoms with Crippen LogP contribution in [-0.4, -0.2) is 33.9 Å². The average molecular weight is 209 g/mol. The highest BCUT2D eigenvalue weighted by molar-refractivity contribution is 5.85. The predicted octanol–water partition coefficient (Wildman–Crippen LogP) is 0.585. The van der Waals surface area contributed by atoms with E-state index in [0.29, 0.717) is 5.92 Å². The molecule has 5 nitrogen and oxygen atoms in total. The molecule has 2 rings (SSSR count). The molecule has 0 spiro atoms. The Balaban J connectivity index is 2.21. The molecule has 1 saturated heterocycles. The molecule has 0 amide bonds. The van der Waals surface area contributed by atoms with E-state index < -0.39 is 5.97 Å². The fraction of sp³-hybridized carbons (Fsp3) is 0.600. The van der Waals surface area contributed by atoms with Gasteiger partial charge in [0.15, 0.2) is 0 Å². The Bertz CT molecular complexity index is 367. The summed E-state index contributed by atoms with van der Waals surface area (Å²) >= 11 is 0. The number of carbonyl (C=O) groups is 1. The van der Waals surface area contributed by atoms with Gasteiger partial charge in [0.25, 0.3) is 0 Å². The summed E-state index contributed by atoms with van der Waals surface area (Å²) in [5.74, 6) is -0.504. The summed E-state index contributed by atoms with van der Waals surface area (Å²) < 4.78 is 1.44. The second-order valence-corrected chi connectivity index (χ2v) is 3.91. The van der Waals surface area contributed by atoms with E-state index >= 15 is 0 Å². The molecule has 1 aliphatic rings. The Hall–Kier alpha value is -1.36. The minimum absolute atomic E-state index is 0.267. The standard InChI is InChI=1S/C10H15N3O2/c1-13-9(10(14)15)6-8(12-13)7-2-4-11-5-3-7/h6-7,11H,2-5H2,1H3,(H,14,15). The van der Waals surface area contributed by atoms with Crippen LogP contribution in [0.15, 0.2) is 6.07 Å². The number of aromatic carboxylic acids is 1. The van der Waals surface area contributed by atoms with E-state index in [1.54, 1.807) is 13.1 Å². The van der Waals surface area contributed by atoms with Gasteiger partial charge in [-0.05, 0) is 32.0 Å². The molecule has 0 bridgehead atoms. The first-order valence-electron chi connectivity index (χ1n) is 5.16. The monoisotopic (exact) mass is 209 g/mol. The van der Waals surface area contributed by atoms with Gasteiger partial charge in [0.1, 0.15) is 5.69 Å². The van der Waals surface area contributed by atoms with E-state index in [4.69, 9.17) is 5.11 Å². The molecule has 1 aliphatic heterocycles. The summed E-state index contributed by atoms with van der Waals surface area (Å²) in [6, 6.07) is 1.69. The summed E-state index contributed by atoms with van der Waals surface area (Å²) in [7, 11) is 1.67. The second kappa shape index (κ2) is 4.02. The molecular weight excluding hydrogens is 194 g/mol. The molecule has 82 valence electrons. The van der Waals surface area contributed by atoms with Crippen LogP contribution in [0.5, 0.6) is 0 Å².